The Morgan fingerprint density at radius 2 is 1.96 bits per heavy atom. The summed E-state index contributed by atoms with van der Waals surface area (Å²) in [6.45, 7) is 1.82. The van der Waals surface area contributed by atoms with Crippen LogP contribution in [-0.2, 0) is 6.61 Å². The molecule has 1 heterocycles. The molecule has 0 radical (unpaired) electrons. The van der Waals surface area contributed by atoms with Gasteiger partial charge in [0, 0.05) is 16.1 Å². The van der Waals surface area contributed by atoms with Crippen molar-refractivity contribution in [1.82, 2.24) is 4.98 Å². The molecule has 0 aliphatic rings. The highest BCUT2D eigenvalue weighted by Crippen LogP contribution is 2.20. The van der Waals surface area contributed by atoms with Crippen LogP contribution in [0.15, 0.2) is 48.5 Å². The first-order chi connectivity index (χ1) is 11.1. The van der Waals surface area contributed by atoms with Crippen LogP contribution in [0.5, 0.6) is 0 Å². The number of aliphatic hydroxyl groups excluding tert-OH is 1. The summed E-state index contributed by atoms with van der Waals surface area (Å²) in [5.41, 5.74) is 3.30. The summed E-state index contributed by atoms with van der Waals surface area (Å²) in [5.74, 6) is -0.301. The van der Waals surface area contributed by atoms with E-state index < -0.39 is 0 Å². The van der Waals surface area contributed by atoms with Gasteiger partial charge in [0.1, 0.15) is 5.69 Å². The second-order valence-corrected chi connectivity index (χ2v) is 5.73. The molecule has 23 heavy (non-hydrogen) atoms. The molecule has 2 N–H and O–H groups in total. The molecular weight excluding hydrogens is 312 g/mol. The fourth-order valence-electron chi connectivity index (χ4n) is 2.31. The lowest BCUT2D eigenvalue weighted by molar-refractivity contribution is 0.102. The van der Waals surface area contributed by atoms with Gasteiger partial charge >= 0.3 is 0 Å². The van der Waals surface area contributed by atoms with Gasteiger partial charge in [-0.3, -0.25) is 4.79 Å². The number of aryl methyl sites for hydroxylation is 1. The number of anilines is 1. The van der Waals surface area contributed by atoms with E-state index in [2.05, 4.69) is 10.3 Å². The van der Waals surface area contributed by atoms with E-state index in [0.717, 1.165) is 16.5 Å². The second-order valence-electron chi connectivity index (χ2n) is 5.30. The van der Waals surface area contributed by atoms with E-state index >= 15 is 0 Å². The number of halogens is 1. The number of pyridine rings is 1. The number of aliphatic hydroxyl groups is 1. The Bertz CT molecular complexity index is 893. The van der Waals surface area contributed by atoms with Gasteiger partial charge in [0.25, 0.3) is 5.91 Å². The Morgan fingerprint density at radius 1 is 1.17 bits per heavy atom. The van der Waals surface area contributed by atoms with E-state index in [1.165, 1.54) is 0 Å². The Labute approximate surface area is 138 Å². The number of carbonyl (C=O) groups excluding carboxylic acids is 1. The maximum absolute atomic E-state index is 12.4. The van der Waals surface area contributed by atoms with Crippen LogP contribution in [0, 0.1) is 6.92 Å². The molecule has 5 heteroatoms. The van der Waals surface area contributed by atoms with Gasteiger partial charge in [-0.1, -0.05) is 35.9 Å². The van der Waals surface area contributed by atoms with Crippen LogP contribution < -0.4 is 5.32 Å². The minimum Gasteiger partial charge on any atom is -0.392 e. The molecule has 0 aliphatic carbocycles. The second kappa shape index (κ2) is 6.36. The number of fused-ring (bicyclic) bond motifs is 1. The Balaban J connectivity index is 1.91. The van der Waals surface area contributed by atoms with Crippen molar-refractivity contribution in [2.45, 2.75) is 13.5 Å². The number of nitrogens with zero attached hydrogens (tertiary/aromatic N) is 1. The van der Waals surface area contributed by atoms with Crippen molar-refractivity contribution in [2.24, 2.45) is 0 Å². The number of hydrogen-bond acceptors (Lipinski definition) is 3. The maximum Gasteiger partial charge on any atom is 0.274 e. The van der Waals surface area contributed by atoms with E-state index in [1.807, 2.05) is 31.2 Å². The highest BCUT2D eigenvalue weighted by atomic mass is 35.5. The molecule has 0 unspecified atom stereocenters. The van der Waals surface area contributed by atoms with Crippen molar-refractivity contribution in [2.75, 3.05) is 5.32 Å². The van der Waals surface area contributed by atoms with Gasteiger partial charge in [0.05, 0.1) is 12.1 Å². The number of rotatable bonds is 3. The summed E-state index contributed by atoms with van der Waals surface area (Å²) < 4.78 is 0. The normalized spacial score (nSPS) is 10.7. The zero-order valence-corrected chi connectivity index (χ0v) is 13.3. The summed E-state index contributed by atoms with van der Waals surface area (Å²) in [6.07, 6.45) is 0. The number of nitrogens with one attached hydrogen (secondary N) is 1. The van der Waals surface area contributed by atoms with Crippen molar-refractivity contribution < 1.29 is 9.90 Å². The number of aromatic nitrogens is 1. The minimum absolute atomic E-state index is 0.0735. The molecule has 1 aromatic heterocycles. The van der Waals surface area contributed by atoms with Gasteiger partial charge in [-0.05, 0) is 42.3 Å². The smallest absolute Gasteiger partial charge is 0.274 e. The fourth-order valence-corrected chi connectivity index (χ4v) is 2.47. The van der Waals surface area contributed by atoms with Crippen molar-refractivity contribution in [3.63, 3.8) is 0 Å². The summed E-state index contributed by atoms with van der Waals surface area (Å²) >= 11 is 5.97. The molecule has 3 aromatic rings. The molecule has 0 aliphatic heterocycles. The number of hydrogen-bond donors (Lipinski definition) is 2. The topological polar surface area (TPSA) is 62.2 Å². The highest BCUT2D eigenvalue weighted by Gasteiger charge is 2.11. The van der Waals surface area contributed by atoms with E-state index in [9.17, 15) is 9.90 Å². The summed E-state index contributed by atoms with van der Waals surface area (Å²) in [7, 11) is 0. The maximum atomic E-state index is 12.4. The van der Waals surface area contributed by atoms with Crippen LogP contribution >= 0.6 is 11.6 Å². The molecule has 0 atom stereocenters. The largest absolute Gasteiger partial charge is 0.392 e. The lowest BCUT2D eigenvalue weighted by atomic mass is 10.1. The van der Waals surface area contributed by atoms with Crippen LogP contribution in [0.1, 0.15) is 21.6 Å². The van der Waals surface area contributed by atoms with Crippen LogP contribution in [0.2, 0.25) is 5.02 Å². The van der Waals surface area contributed by atoms with Gasteiger partial charge in [0.15, 0.2) is 0 Å². The first-order valence-corrected chi connectivity index (χ1v) is 7.52. The SMILES string of the molecule is Cc1ccc(CO)cc1NC(=O)c1ccc2ccc(Cl)cc2n1. The van der Waals surface area contributed by atoms with Crippen LogP contribution in [0.25, 0.3) is 10.9 Å². The van der Waals surface area contributed by atoms with Gasteiger partial charge in [-0.25, -0.2) is 4.98 Å². The van der Waals surface area contributed by atoms with Gasteiger partial charge in [0.2, 0.25) is 0 Å². The van der Waals surface area contributed by atoms with Gasteiger partial charge in [-0.2, -0.15) is 0 Å². The third kappa shape index (κ3) is 3.33. The lowest BCUT2D eigenvalue weighted by Crippen LogP contribution is -2.14. The van der Waals surface area contributed by atoms with Crippen LogP contribution in [0.4, 0.5) is 5.69 Å². The molecular formula is C18H15ClN2O2. The monoisotopic (exact) mass is 326 g/mol. The Kier molecular flexibility index (Phi) is 4.28. The molecule has 4 nitrogen and oxygen atoms in total. The molecule has 0 saturated heterocycles. The number of amides is 1. The molecule has 0 saturated carbocycles. The molecule has 116 valence electrons. The Morgan fingerprint density at radius 3 is 2.74 bits per heavy atom. The molecule has 0 fully saturated rings. The number of benzene rings is 2. The molecule has 1 amide bonds. The lowest BCUT2D eigenvalue weighted by Gasteiger charge is -2.10. The summed E-state index contributed by atoms with van der Waals surface area (Å²) in [4.78, 5) is 16.8. The van der Waals surface area contributed by atoms with E-state index in [0.29, 0.717) is 21.9 Å². The van der Waals surface area contributed by atoms with Crippen LogP contribution in [0.3, 0.4) is 0 Å². The minimum atomic E-state index is -0.301. The standard InChI is InChI=1S/C18H15ClN2O2/c1-11-2-3-12(10-22)8-16(11)21-18(23)15-7-5-13-4-6-14(19)9-17(13)20-15/h2-9,22H,10H2,1H3,(H,21,23). The van der Waals surface area contributed by atoms with Crippen LogP contribution in [-0.4, -0.2) is 16.0 Å². The quantitative estimate of drug-likeness (QED) is 0.766. The fraction of sp³-hybridized carbons (Fsp3) is 0.111. The van der Waals surface area contributed by atoms with Gasteiger partial charge in [-0.15, -0.1) is 0 Å². The van der Waals surface area contributed by atoms with E-state index in [4.69, 9.17) is 11.6 Å². The van der Waals surface area contributed by atoms with E-state index in [1.54, 1.807) is 24.3 Å². The third-order valence-electron chi connectivity index (χ3n) is 3.62. The summed E-state index contributed by atoms with van der Waals surface area (Å²) in [6, 6.07) is 14.3. The molecule has 0 spiro atoms. The zero-order chi connectivity index (χ0) is 16.4. The molecule has 2 aromatic carbocycles. The highest BCUT2D eigenvalue weighted by molar-refractivity contribution is 6.31. The van der Waals surface area contributed by atoms with Gasteiger partial charge < -0.3 is 10.4 Å². The number of carbonyl (C=O) groups is 1. The van der Waals surface area contributed by atoms with E-state index in [-0.39, 0.29) is 12.5 Å². The first kappa shape index (κ1) is 15.5. The Hall–Kier alpha value is -2.43. The van der Waals surface area contributed by atoms with Crippen molar-refractivity contribution >= 4 is 34.1 Å². The first-order valence-electron chi connectivity index (χ1n) is 7.15. The summed E-state index contributed by atoms with van der Waals surface area (Å²) in [5, 5.41) is 13.5. The average molecular weight is 327 g/mol. The molecule has 0 bridgehead atoms. The average Bonchev–Trinajstić information content (AvgIpc) is 2.56. The zero-order valence-electron chi connectivity index (χ0n) is 12.5. The predicted molar refractivity (Wildman–Crippen MR) is 91.8 cm³/mol. The predicted octanol–water partition coefficient (Wildman–Crippen LogP) is 3.94. The van der Waals surface area contributed by atoms with Crippen molar-refractivity contribution in [3.8, 4) is 0 Å². The van der Waals surface area contributed by atoms with Crippen molar-refractivity contribution in [1.29, 1.82) is 0 Å². The van der Waals surface area contributed by atoms with Crippen molar-refractivity contribution in [3.05, 3.63) is 70.4 Å². The molecule has 3 rings (SSSR count). The third-order valence-corrected chi connectivity index (χ3v) is 3.85.